The molecular weight excluding hydrogens is 592 g/mol. The van der Waals surface area contributed by atoms with Crippen LogP contribution in [0.3, 0.4) is 0 Å². The minimum atomic E-state index is -4.63. The van der Waals surface area contributed by atoms with Gasteiger partial charge in [-0.15, -0.1) is 0 Å². The van der Waals surface area contributed by atoms with E-state index in [4.69, 9.17) is 14.2 Å². The number of nitrogens with one attached hydrogen (secondary N) is 2. The summed E-state index contributed by atoms with van der Waals surface area (Å²) >= 11 is 0. The number of amides is 1. The van der Waals surface area contributed by atoms with Crippen LogP contribution in [0.4, 0.5) is 26.1 Å². The highest BCUT2D eigenvalue weighted by molar-refractivity contribution is 7.92. The zero-order valence-corrected chi connectivity index (χ0v) is 24.4. The van der Waals surface area contributed by atoms with Crippen LogP contribution in [0.1, 0.15) is 6.42 Å². The molecule has 2 aromatic carbocycles. The summed E-state index contributed by atoms with van der Waals surface area (Å²) in [7, 11) is 0.495. The van der Waals surface area contributed by atoms with Gasteiger partial charge in [-0.2, -0.15) is 27.0 Å². The second-order valence-corrected chi connectivity index (χ2v) is 10.7. The van der Waals surface area contributed by atoms with Crippen LogP contribution in [0.15, 0.2) is 53.7 Å². The lowest BCUT2D eigenvalue weighted by molar-refractivity contribution is -0.173. The first kappa shape index (κ1) is 31.2. The van der Waals surface area contributed by atoms with Crippen LogP contribution >= 0.6 is 0 Å². The number of anilines is 3. The Labute approximate surface area is 245 Å². The van der Waals surface area contributed by atoms with Crippen LogP contribution in [-0.2, 0) is 20.9 Å². The number of hydrogen-bond donors (Lipinski definition) is 3. The lowest BCUT2D eigenvalue weighted by Gasteiger charge is -2.19. The van der Waals surface area contributed by atoms with Crippen molar-refractivity contribution in [2.24, 2.45) is 0 Å². The SMILES string of the molecule is COc1cc(Nc2nc3ccccc3nc2NS(=O)(=O)c2ccn(C(F)(F)C(=O)N(C)C)n2)c(OCCCO)c(OC)c1. The third-order valence-electron chi connectivity index (χ3n) is 5.88. The fourth-order valence-electron chi connectivity index (χ4n) is 3.77. The van der Waals surface area contributed by atoms with Gasteiger partial charge in [0.15, 0.2) is 28.2 Å². The largest absolute Gasteiger partial charge is 0.497 e. The molecule has 0 aliphatic heterocycles. The predicted molar refractivity (Wildman–Crippen MR) is 151 cm³/mol. The summed E-state index contributed by atoms with van der Waals surface area (Å²) in [5.41, 5.74) is 0.976. The van der Waals surface area contributed by atoms with Crippen molar-refractivity contribution in [3.8, 4) is 17.2 Å². The van der Waals surface area contributed by atoms with Gasteiger partial charge in [0.05, 0.1) is 37.5 Å². The number of nitrogens with zero attached hydrogens (tertiary/aromatic N) is 5. The van der Waals surface area contributed by atoms with E-state index in [1.54, 1.807) is 36.4 Å². The maximum atomic E-state index is 14.6. The summed E-state index contributed by atoms with van der Waals surface area (Å²) in [4.78, 5) is 21.5. The van der Waals surface area contributed by atoms with Gasteiger partial charge in [0.2, 0.25) is 0 Å². The monoisotopic (exact) mass is 621 g/mol. The smallest absolute Gasteiger partial charge is 0.422 e. The zero-order chi connectivity index (χ0) is 31.4. The quantitative estimate of drug-likeness (QED) is 0.188. The molecule has 0 spiro atoms. The molecule has 0 atom stereocenters. The van der Waals surface area contributed by atoms with Crippen LogP contribution in [-0.4, -0.2) is 85.6 Å². The van der Waals surface area contributed by atoms with Crippen molar-refractivity contribution in [2.75, 3.05) is 51.6 Å². The van der Waals surface area contributed by atoms with Crippen LogP contribution in [0.2, 0.25) is 0 Å². The predicted octanol–water partition coefficient (Wildman–Crippen LogP) is 2.79. The summed E-state index contributed by atoms with van der Waals surface area (Å²) in [6.45, 7) is 0.00861. The molecule has 0 bridgehead atoms. The van der Waals surface area contributed by atoms with Gasteiger partial charge in [-0.25, -0.2) is 9.97 Å². The second-order valence-electron chi connectivity index (χ2n) is 9.11. The minimum Gasteiger partial charge on any atom is -0.497 e. The highest BCUT2D eigenvalue weighted by Gasteiger charge is 2.44. The molecule has 0 saturated carbocycles. The van der Waals surface area contributed by atoms with E-state index in [2.05, 4.69) is 25.1 Å². The first-order valence-corrected chi connectivity index (χ1v) is 14.1. The van der Waals surface area contributed by atoms with E-state index >= 15 is 0 Å². The molecule has 0 saturated heterocycles. The van der Waals surface area contributed by atoms with E-state index < -0.39 is 27.0 Å². The Morgan fingerprint density at radius 1 is 1.07 bits per heavy atom. The molecule has 4 aromatic rings. The molecule has 0 aliphatic carbocycles. The molecule has 14 nitrogen and oxygen atoms in total. The van der Waals surface area contributed by atoms with Crippen LogP contribution in [0.25, 0.3) is 11.0 Å². The van der Waals surface area contributed by atoms with E-state index in [0.29, 0.717) is 34.3 Å². The molecule has 43 heavy (non-hydrogen) atoms. The number of rotatable bonds is 13. The van der Waals surface area contributed by atoms with E-state index in [-0.39, 0.29) is 46.7 Å². The highest BCUT2D eigenvalue weighted by Crippen LogP contribution is 2.42. The van der Waals surface area contributed by atoms with Crippen LogP contribution in [0, 0.1) is 0 Å². The molecule has 230 valence electrons. The topological polar surface area (TPSA) is 170 Å². The number of alkyl halides is 2. The highest BCUT2D eigenvalue weighted by atomic mass is 32.2. The van der Waals surface area contributed by atoms with Gasteiger partial charge in [-0.1, -0.05) is 12.1 Å². The Kier molecular flexibility index (Phi) is 9.15. The zero-order valence-electron chi connectivity index (χ0n) is 23.5. The molecule has 1 amide bonds. The Bertz CT molecular complexity index is 1730. The molecule has 4 rings (SSSR count). The third-order valence-corrected chi connectivity index (χ3v) is 7.11. The molecular formula is C26H29F2N7O7S. The average molecular weight is 622 g/mol. The molecule has 17 heteroatoms. The number of hydrogen-bond acceptors (Lipinski definition) is 11. The third kappa shape index (κ3) is 6.67. The maximum Gasteiger partial charge on any atom is 0.422 e. The van der Waals surface area contributed by atoms with Gasteiger partial charge >= 0.3 is 12.0 Å². The van der Waals surface area contributed by atoms with Crippen molar-refractivity contribution in [2.45, 2.75) is 17.5 Å². The number of sulfonamides is 1. The standard InChI is InChI=1S/C26H29F2N7O7S/c1-34(2)25(37)26(27,28)35-11-10-21(32-35)43(38,39)33-24-23(29-17-8-5-6-9-18(17)30-24)31-19-14-16(40-3)15-20(41-4)22(19)42-13-7-12-36/h5-6,8-11,14-15,36H,7,12-13H2,1-4H3,(H,29,31)(H,30,33). The van der Waals surface area contributed by atoms with E-state index in [1.807, 2.05) is 0 Å². The van der Waals surface area contributed by atoms with Gasteiger partial charge in [0.25, 0.3) is 10.0 Å². The lowest BCUT2D eigenvalue weighted by atomic mass is 10.2. The van der Waals surface area contributed by atoms with Crippen molar-refractivity contribution in [3.63, 3.8) is 0 Å². The number of carbonyl (C=O) groups is 1. The van der Waals surface area contributed by atoms with Crippen molar-refractivity contribution >= 4 is 44.3 Å². The first-order chi connectivity index (χ1) is 20.4. The summed E-state index contributed by atoms with van der Waals surface area (Å²) in [6, 6.07) is 6.45. The summed E-state index contributed by atoms with van der Waals surface area (Å²) in [5.74, 6) is -1.13. The average Bonchev–Trinajstić information content (AvgIpc) is 3.50. The fraction of sp³-hybridized carbons (Fsp3) is 0.308. The molecule has 0 aliphatic rings. The Morgan fingerprint density at radius 3 is 2.35 bits per heavy atom. The van der Waals surface area contributed by atoms with E-state index in [0.717, 1.165) is 20.2 Å². The number of aliphatic hydroxyl groups excluding tert-OH is 1. The van der Waals surface area contributed by atoms with Gasteiger partial charge in [-0.3, -0.25) is 9.52 Å². The number of benzene rings is 2. The number of halogens is 2. The van der Waals surface area contributed by atoms with E-state index in [9.17, 15) is 27.1 Å². The van der Waals surface area contributed by atoms with Gasteiger partial charge < -0.3 is 29.5 Å². The number of para-hydroxylation sites is 2. The number of carbonyl (C=O) groups excluding carboxylic acids is 1. The molecule has 0 unspecified atom stereocenters. The molecule has 0 fully saturated rings. The minimum absolute atomic E-state index is 0.0341. The number of likely N-dealkylation sites (N-methyl/N-ethyl adjacent to an activating group) is 1. The number of aliphatic hydroxyl groups is 1. The Morgan fingerprint density at radius 2 is 1.74 bits per heavy atom. The lowest BCUT2D eigenvalue weighted by Crippen LogP contribution is -2.42. The molecule has 2 aromatic heterocycles. The Balaban J connectivity index is 1.77. The molecule has 2 heterocycles. The van der Waals surface area contributed by atoms with Crippen LogP contribution in [0.5, 0.6) is 17.2 Å². The normalized spacial score (nSPS) is 11.7. The first-order valence-electron chi connectivity index (χ1n) is 12.6. The summed E-state index contributed by atoms with van der Waals surface area (Å²) in [5, 5.41) is 14.9. The Hall–Kier alpha value is -4.77. The fourth-order valence-corrected chi connectivity index (χ4v) is 4.70. The second kappa shape index (κ2) is 12.6. The van der Waals surface area contributed by atoms with Crippen molar-refractivity contribution in [1.82, 2.24) is 24.6 Å². The number of aromatic nitrogens is 4. The molecule has 3 N–H and O–H groups in total. The van der Waals surface area contributed by atoms with Crippen molar-refractivity contribution < 1.29 is 41.3 Å². The van der Waals surface area contributed by atoms with E-state index in [1.165, 1.54) is 14.2 Å². The summed E-state index contributed by atoms with van der Waals surface area (Å²) < 4.78 is 74.7. The number of ether oxygens (including phenoxy) is 3. The molecule has 0 radical (unpaired) electrons. The van der Waals surface area contributed by atoms with Gasteiger partial charge in [0.1, 0.15) is 5.75 Å². The van der Waals surface area contributed by atoms with Gasteiger partial charge in [0, 0.05) is 45.5 Å². The van der Waals surface area contributed by atoms with Crippen LogP contribution < -0.4 is 24.2 Å². The van der Waals surface area contributed by atoms with Crippen molar-refractivity contribution in [3.05, 3.63) is 48.7 Å². The van der Waals surface area contributed by atoms with Gasteiger partial charge in [-0.05, 0) is 18.2 Å². The maximum absolute atomic E-state index is 14.6. The number of fused-ring (bicyclic) bond motifs is 1. The summed E-state index contributed by atoms with van der Waals surface area (Å²) in [6.07, 6.45) is 1.00. The van der Waals surface area contributed by atoms with Crippen molar-refractivity contribution in [1.29, 1.82) is 0 Å². The number of methoxy groups -OCH3 is 2.